The summed E-state index contributed by atoms with van der Waals surface area (Å²) in [5, 5.41) is 19.1. The van der Waals surface area contributed by atoms with Crippen molar-refractivity contribution >= 4 is 17.6 Å². The van der Waals surface area contributed by atoms with Crippen molar-refractivity contribution in [3.05, 3.63) is 41.5 Å². The molecule has 1 amide bonds. The number of rotatable bonds is 14. The predicted molar refractivity (Wildman–Crippen MR) is 121 cm³/mol. The zero-order chi connectivity index (χ0) is 22.6. The van der Waals surface area contributed by atoms with Gasteiger partial charge in [0.15, 0.2) is 0 Å². The molecule has 2 atom stereocenters. The molecule has 0 radical (unpaired) electrons. The van der Waals surface area contributed by atoms with Crippen LogP contribution in [0.25, 0.3) is 5.76 Å². The van der Waals surface area contributed by atoms with Crippen molar-refractivity contribution in [2.45, 2.75) is 83.8 Å². The highest BCUT2D eigenvalue weighted by atomic mass is 16.5. The molecule has 2 unspecified atom stereocenters. The Balaban J connectivity index is 1.72. The van der Waals surface area contributed by atoms with Crippen molar-refractivity contribution in [2.24, 2.45) is 0 Å². The van der Waals surface area contributed by atoms with Crippen molar-refractivity contribution in [1.29, 1.82) is 0 Å². The second-order valence-electron chi connectivity index (χ2n) is 8.35. The number of amides is 1. The maximum absolute atomic E-state index is 12.2. The summed E-state index contributed by atoms with van der Waals surface area (Å²) in [4.78, 5) is 24.7. The first kappa shape index (κ1) is 24.9. The molecule has 1 saturated heterocycles. The summed E-state index contributed by atoms with van der Waals surface area (Å²) in [6, 6.07) is 8.20. The van der Waals surface area contributed by atoms with Crippen molar-refractivity contribution in [2.75, 3.05) is 13.2 Å². The zero-order valence-electron chi connectivity index (χ0n) is 18.9. The van der Waals surface area contributed by atoms with Gasteiger partial charge in [0.1, 0.15) is 12.4 Å². The summed E-state index contributed by atoms with van der Waals surface area (Å²) in [6.45, 7) is 4.92. The Bertz CT molecular complexity index is 745. The van der Waals surface area contributed by atoms with E-state index in [1.165, 1.54) is 0 Å². The Kier molecular flexibility index (Phi) is 10.6. The fourth-order valence-electron chi connectivity index (χ4n) is 4.13. The van der Waals surface area contributed by atoms with Gasteiger partial charge in [-0.2, -0.15) is 0 Å². The number of aliphatic hydroxyl groups is 1. The number of carbonyl (C=O) groups excluding carboxylic acids is 1. The van der Waals surface area contributed by atoms with Gasteiger partial charge in [-0.15, -0.1) is 0 Å². The Morgan fingerprint density at radius 2 is 2.00 bits per heavy atom. The topological polar surface area (TPSA) is 87.1 Å². The molecule has 0 aromatic heterocycles. The number of aryl methyl sites for hydroxylation is 1. The van der Waals surface area contributed by atoms with Gasteiger partial charge in [-0.25, -0.2) is 0 Å². The summed E-state index contributed by atoms with van der Waals surface area (Å²) in [6.07, 6.45) is 7.74. The van der Waals surface area contributed by atoms with E-state index >= 15 is 0 Å². The van der Waals surface area contributed by atoms with Crippen LogP contribution in [0.5, 0.6) is 0 Å². The van der Waals surface area contributed by atoms with Gasteiger partial charge in [-0.05, 0) is 57.6 Å². The van der Waals surface area contributed by atoms with Gasteiger partial charge >= 0.3 is 5.97 Å². The molecule has 0 spiro atoms. The Hall–Kier alpha value is -2.34. The number of ether oxygens (including phenoxy) is 1. The fourth-order valence-corrected chi connectivity index (χ4v) is 4.13. The van der Waals surface area contributed by atoms with E-state index in [4.69, 9.17) is 9.84 Å². The smallest absolute Gasteiger partial charge is 0.303 e. The average Bonchev–Trinajstić information content (AvgIpc) is 3.10. The Morgan fingerprint density at radius 1 is 1.26 bits per heavy atom. The molecule has 0 bridgehead atoms. The number of benzene rings is 1. The third kappa shape index (κ3) is 8.37. The minimum absolute atomic E-state index is 0.179. The van der Waals surface area contributed by atoms with Crippen LogP contribution in [-0.4, -0.2) is 52.3 Å². The van der Waals surface area contributed by atoms with Crippen molar-refractivity contribution in [3.63, 3.8) is 0 Å². The van der Waals surface area contributed by atoms with E-state index in [9.17, 15) is 14.7 Å². The molecule has 6 heteroatoms. The lowest BCUT2D eigenvalue weighted by atomic mass is 10.1. The summed E-state index contributed by atoms with van der Waals surface area (Å²) in [5.41, 5.74) is 2.17. The standard InChI is InChI=1S/C25H37NO5/c1-3-23(22-11-8-7-10-19(22)2)31-18-21(27)15-13-20-14-16-24(28)26(20)17-9-5-4-6-12-25(29)30/h3,7-8,10-11,20-21,27H,4-6,9,12-18H2,1-2H3,(H,29,30)/b23-3-. The maximum Gasteiger partial charge on any atom is 0.303 e. The first-order chi connectivity index (χ1) is 14.9. The summed E-state index contributed by atoms with van der Waals surface area (Å²) in [5.74, 6) is 0.215. The van der Waals surface area contributed by atoms with Crippen LogP contribution < -0.4 is 0 Å². The van der Waals surface area contributed by atoms with E-state index in [0.717, 1.165) is 55.5 Å². The second-order valence-corrected chi connectivity index (χ2v) is 8.35. The number of unbranched alkanes of at least 4 members (excludes halogenated alkanes) is 3. The minimum atomic E-state index is -0.752. The summed E-state index contributed by atoms with van der Waals surface area (Å²) >= 11 is 0. The van der Waals surface area contributed by atoms with E-state index in [2.05, 4.69) is 0 Å². The Labute approximate surface area is 185 Å². The first-order valence-electron chi connectivity index (χ1n) is 11.5. The molecule has 1 aliphatic heterocycles. The van der Waals surface area contributed by atoms with Gasteiger partial charge in [0.2, 0.25) is 5.91 Å². The minimum Gasteiger partial charge on any atom is -0.491 e. The SMILES string of the molecule is C/C=C(\OCC(O)CCC1CCC(=O)N1CCCCCCC(=O)O)c1ccccc1C. The van der Waals surface area contributed by atoms with E-state index in [1.807, 2.05) is 49.1 Å². The molecule has 1 aromatic rings. The molecule has 1 fully saturated rings. The predicted octanol–water partition coefficient (Wildman–Crippen LogP) is 4.54. The molecule has 172 valence electrons. The van der Waals surface area contributed by atoms with Crippen LogP contribution in [-0.2, 0) is 14.3 Å². The molecule has 6 nitrogen and oxygen atoms in total. The molecular weight excluding hydrogens is 394 g/mol. The molecule has 0 saturated carbocycles. The summed E-state index contributed by atoms with van der Waals surface area (Å²) in [7, 11) is 0. The van der Waals surface area contributed by atoms with Crippen LogP contribution in [0, 0.1) is 6.92 Å². The molecule has 1 aromatic carbocycles. The number of carboxylic acids is 1. The average molecular weight is 432 g/mol. The quantitative estimate of drug-likeness (QED) is 0.334. The maximum atomic E-state index is 12.2. The lowest BCUT2D eigenvalue weighted by molar-refractivity contribution is -0.137. The van der Waals surface area contributed by atoms with Crippen LogP contribution in [0.4, 0.5) is 0 Å². The molecule has 2 rings (SSSR count). The normalized spacial score (nSPS) is 17.8. The monoisotopic (exact) mass is 431 g/mol. The number of likely N-dealkylation sites (tertiary alicyclic amines) is 1. The highest BCUT2D eigenvalue weighted by Gasteiger charge is 2.30. The van der Waals surface area contributed by atoms with Crippen LogP contribution in [0.2, 0.25) is 0 Å². The van der Waals surface area contributed by atoms with E-state index < -0.39 is 12.1 Å². The van der Waals surface area contributed by atoms with Gasteiger partial charge in [0, 0.05) is 31.0 Å². The number of allylic oxidation sites excluding steroid dienone is 1. The van der Waals surface area contributed by atoms with Crippen LogP contribution in [0.1, 0.15) is 75.8 Å². The van der Waals surface area contributed by atoms with Gasteiger partial charge in [0.05, 0.1) is 6.10 Å². The lowest BCUT2D eigenvalue weighted by Gasteiger charge is -2.26. The third-order valence-electron chi connectivity index (χ3n) is 5.93. The number of hydrogen-bond acceptors (Lipinski definition) is 4. The largest absolute Gasteiger partial charge is 0.491 e. The lowest BCUT2D eigenvalue weighted by Crippen LogP contribution is -2.34. The fraction of sp³-hybridized carbons (Fsp3) is 0.600. The van der Waals surface area contributed by atoms with Crippen molar-refractivity contribution in [3.8, 4) is 0 Å². The highest BCUT2D eigenvalue weighted by Crippen LogP contribution is 2.25. The van der Waals surface area contributed by atoms with E-state index in [0.29, 0.717) is 19.3 Å². The van der Waals surface area contributed by atoms with E-state index in [-0.39, 0.29) is 25.0 Å². The van der Waals surface area contributed by atoms with E-state index in [1.54, 1.807) is 0 Å². The molecule has 0 aliphatic carbocycles. The Morgan fingerprint density at radius 3 is 2.71 bits per heavy atom. The zero-order valence-corrected chi connectivity index (χ0v) is 18.9. The molecule has 2 N–H and O–H groups in total. The highest BCUT2D eigenvalue weighted by molar-refractivity contribution is 5.78. The first-order valence-corrected chi connectivity index (χ1v) is 11.5. The van der Waals surface area contributed by atoms with Crippen LogP contribution in [0.15, 0.2) is 30.3 Å². The number of carbonyl (C=O) groups is 2. The van der Waals surface area contributed by atoms with Gasteiger partial charge in [-0.3, -0.25) is 9.59 Å². The number of aliphatic carboxylic acids is 1. The number of aliphatic hydroxyl groups excluding tert-OH is 1. The van der Waals surface area contributed by atoms with Gasteiger partial charge in [-0.1, -0.05) is 37.1 Å². The van der Waals surface area contributed by atoms with Crippen molar-refractivity contribution < 1.29 is 24.5 Å². The number of nitrogens with zero attached hydrogens (tertiary/aromatic N) is 1. The molecule has 31 heavy (non-hydrogen) atoms. The van der Waals surface area contributed by atoms with Gasteiger partial charge < -0.3 is 19.8 Å². The number of carboxylic acid groups (broad SMARTS) is 1. The van der Waals surface area contributed by atoms with Gasteiger partial charge in [0.25, 0.3) is 0 Å². The number of hydrogen-bond donors (Lipinski definition) is 2. The molecule has 1 heterocycles. The molecule has 1 aliphatic rings. The second kappa shape index (κ2) is 13.2. The van der Waals surface area contributed by atoms with Crippen molar-refractivity contribution in [1.82, 2.24) is 4.90 Å². The van der Waals surface area contributed by atoms with Crippen LogP contribution in [0.3, 0.4) is 0 Å². The molecular formula is C25H37NO5. The van der Waals surface area contributed by atoms with Crippen LogP contribution >= 0.6 is 0 Å². The summed E-state index contributed by atoms with van der Waals surface area (Å²) < 4.78 is 5.89. The third-order valence-corrected chi connectivity index (χ3v) is 5.93.